The van der Waals surface area contributed by atoms with Crippen LogP contribution in [-0.4, -0.2) is 18.4 Å². The molecule has 2 aliphatic heterocycles. The third-order valence-corrected chi connectivity index (χ3v) is 4.55. The van der Waals surface area contributed by atoms with Gasteiger partial charge in [0.25, 0.3) is 0 Å². The Hall–Kier alpha value is -0.510. The Morgan fingerprint density at radius 2 is 2.33 bits per heavy atom. The molecule has 80 valence electrons. The molecule has 1 aromatic carbocycles. The highest BCUT2D eigenvalue weighted by molar-refractivity contribution is 8.01. The SMILES string of the molecule is CC1CNC2(COCc3ccccc32)S1. The number of hydrogen-bond donors (Lipinski definition) is 1. The van der Waals surface area contributed by atoms with Gasteiger partial charge in [-0.3, -0.25) is 5.32 Å². The van der Waals surface area contributed by atoms with E-state index in [1.165, 1.54) is 11.1 Å². The smallest absolute Gasteiger partial charge is 0.115 e. The van der Waals surface area contributed by atoms with Crippen molar-refractivity contribution in [2.24, 2.45) is 0 Å². The highest BCUT2D eigenvalue weighted by Gasteiger charge is 2.42. The molecule has 1 fully saturated rings. The molecule has 2 atom stereocenters. The molecule has 0 radical (unpaired) electrons. The van der Waals surface area contributed by atoms with E-state index in [2.05, 4.69) is 36.5 Å². The molecule has 0 amide bonds. The molecule has 1 spiro atoms. The van der Waals surface area contributed by atoms with E-state index >= 15 is 0 Å². The van der Waals surface area contributed by atoms with E-state index in [-0.39, 0.29) is 4.87 Å². The maximum atomic E-state index is 5.70. The Morgan fingerprint density at radius 1 is 1.47 bits per heavy atom. The van der Waals surface area contributed by atoms with E-state index in [1.807, 2.05) is 11.8 Å². The van der Waals surface area contributed by atoms with Crippen LogP contribution in [0, 0.1) is 0 Å². The number of ether oxygens (including phenoxy) is 1. The zero-order chi connectivity index (χ0) is 10.3. The van der Waals surface area contributed by atoms with Crippen LogP contribution in [0.2, 0.25) is 0 Å². The van der Waals surface area contributed by atoms with E-state index in [9.17, 15) is 0 Å². The van der Waals surface area contributed by atoms with Gasteiger partial charge in [0, 0.05) is 11.8 Å². The van der Waals surface area contributed by atoms with E-state index < -0.39 is 0 Å². The fourth-order valence-corrected chi connectivity index (χ4v) is 3.90. The first-order valence-corrected chi connectivity index (χ1v) is 6.27. The van der Waals surface area contributed by atoms with Crippen LogP contribution in [0.15, 0.2) is 24.3 Å². The molecule has 3 rings (SSSR count). The Balaban J connectivity index is 2.06. The van der Waals surface area contributed by atoms with Crippen LogP contribution in [0.3, 0.4) is 0 Å². The summed E-state index contributed by atoms with van der Waals surface area (Å²) in [5.74, 6) is 0. The standard InChI is InChI=1S/C12H15NOS/c1-9-6-13-12(15-9)8-14-7-10-4-2-3-5-11(10)12/h2-5,9,13H,6-8H2,1H3. The molecule has 3 heteroatoms. The lowest BCUT2D eigenvalue weighted by atomic mass is 9.98. The quantitative estimate of drug-likeness (QED) is 0.725. The lowest BCUT2D eigenvalue weighted by Crippen LogP contribution is -2.42. The number of thioether (sulfide) groups is 1. The molecular weight excluding hydrogens is 206 g/mol. The molecule has 0 bridgehead atoms. The number of nitrogens with one attached hydrogen (secondary N) is 1. The summed E-state index contributed by atoms with van der Waals surface area (Å²) >= 11 is 2.00. The lowest BCUT2D eigenvalue weighted by Gasteiger charge is -2.35. The summed E-state index contributed by atoms with van der Waals surface area (Å²) in [7, 11) is 0. The highest BCUT2D eigenvalue weighted by Crippen LogP contribution is 2.44. The van der Waals surface area contributed by atoms with Gasteiger partial charge in [0.1, 0.15) is 4.87 Å². The highest BCUT2D eigenvalue weighted by atomic mass is 32.2. The Kier molecular flexibility index (Phi) is 2.27. The molecule has 0 aromatic heterocycles. The van der Waals surface area contributed by atoms with Crippen molar-refractivity contribution < 1.29 is 4.74 Å². The zero-order valence-corrected chi connectivity index (χ0v) is 9.64. The van der Waals surface area contributed by atoms with Crippen molar-refractivity contribution in [3.63, 3.8) is 0 Å². The van der Waals surface area contributed by atoms with E-state index in [4.69, 9.17) is 4.74 Å². The second-order valence-corrected chi connectivity index (χ2v) is 6.02. The second kappa shape index (κ2) is 3.51. The summed E-state index contributed by atoms with van der Waals surface area (Å²) in [6.07, 6.45) is 0. The summed E-state index contributed by atoms with van der Waals surface area (Å²) in [6.45, 7) is 4.89. The summed E-state index contributed by atoms with van der Waals surface area (Å²) in [4.78, 5) is 0.0221. The molecule has 1 aromatic rings. The number of benzene rings is 1. The molecular formula is C12H15NOS. The van der Waals surface area contributed by atoms with Gasteiger partial charge in [-0.15, -0.1) is 11.8 Å². The molecule has 2 heterocycles. The van der Waals surface area contributed by atoms with Gasteiger partial charge in [0.2, 0.25) is 0 Å². The van der Waals surface area contributed by atoms with Crippen molar-refractivity contribution in [2.75, 3.05) is 13.2 Å². The Bertz CT molecular complexity index is 382. The Morgan fingerprint density at radius 3 is 3.13 bits per heavy atom. The number of fused-ring (bicyclic) bond motifs is 2. The third-order valence-electron chi connectivity index (χ3n) is 3.09. The Labute approximate surface area is 94.4 Å². The van der Waals surface area contributed by atoms with Crippen LogP contribution in [0.5, 0.6) is 0 Å². The van der Waals surface area contributed by atoms with Crippen molar-refractivity contribution in [3.05, 3.63) is 35.4 Å². The average Bonchev–Trinajstić information content (AvgIpc) is 2.62. The van der Waals surface area contributed by atoms with Gasteiger partial charge in [-0.25, -0.2) is 0 Å². The van der Waals surface area contributed by atoms with Crippen LogP contribution < -0.4 is 5.32 Å². The predicted molar refractivity (Wildman–Crippen MR) is 62.8 cm³/mol. The fourth-order valence-electron chi connectivity index (χ4n) is 2.40. The van der Waals surface area contributed by atoms with Gasteiger partial charge in [-0.1, -0.05) is 31.2 Å². The van der Waals surface area contributed by atoms with Gasteiger partial charge in [-0.05, 0) is 11.1 Å². The van der Waals surface area contributed by atoms with Crippen LogP contribution in [0.25, 0.3) is 0 Å². The van der Waals surface area contributed by atoms with Crippen molar-refractivity contribution in [1.29, 1.82) is 0 Å². The molecule has 15 heavy (non-hydrogen) atoms. The number of rotatable bonds is 0. The predicted octanol–water partition coefficient (Wildman–Crippen LogP) is 2.09. The largest absolute Gasteiger partial charge is 0.374 e. The van der Waals surface area contributed by atoms with E-state index in [1.54, 1.807) is 0 Å². The molecule has 0 aliphatic carbocycles. The average molecular weight is 221 g/mol. The maximum Gasteiger partial charge on any atom is 0.115 e. The van der Waals surface area contributed by atoms with Gasteiger partial charge < -0.3 is 4.74 Å². The van der Waals surface area contributed by atoms with Gasteiger partial charge >= 0.3 is 0 Å². The maximum absolute atomic E-state index is 5.70. The van der Waals surface area contributed by atoms with Crippen LogP contribution >= 0.6 is 11.8 Å². The topological polar surface area (TPSA) is 21.3 Å². The van der Waals surface area contributed by atoms with Gasteiger partial charge in [0.15, 0.2) is 0 Å². The minimum atomic E-state index is 0.0221. The minimum absolute atomic E-state index is 0.0221. The molecule has 0 saturated carbocycles. The summed E-state index contributed by atoms with van der Waals surface area (Å²) in [5.41, 5.74) is 2.75. The monoisotopic (exact) mass is 221 g/mol. The molecule has 1 N–H and O–H groups in total. The molecule has 2 aliphatic rings. The fraction of sp³-hybridized carbons (Fsp3) is 0.500. The van der Waals surface area contributed by atoms with Crippen LogP contribution in [0.1, 0.15) is 18.1 Å². The van der Waals surface area contributed by atoms with Crippen molar-refractivity contribution in [3.8, 4) is 0 Å². The summed E-state index contributed by atoms with van der Waals surface area (Å²) in [6, 6.07) is 8.61. The molecule has 2 unspecified atom stereocenters. The van der Waals surface area contributed by atoms with E-state index in [0.717, 1.165) is 19.8 Å². The zero-order valence-electron chi connectivity index (χ0n) is 8.82. The van der Waals surface area contributed by atoms with Crippen molar-refractivity contribution in [1.82, 2.24) is 5.32 Å². The van der Waals surface area contributed by atoms with Crippen molar-refractivity contribution >= 4 is 11.8 Å². The third kappa shape index (κ3) is 1.50. The summed E-state index contributed by atoms with van der Waals surface area (Å²) < 4.78 is 5.70. The first-order valence-electron chi connectivity index (χ1n) is 5.39. The molecule has 2 nitrogen and oxygen atoms in total. The normalized spacial score (nSPS) is 34.3. The first kappa shape index (κ1) is 9.70. The van der Waals surface area contributed by atoms with Gasteiger partial charge in [-0.2, -0.15) is 0 Å². The first-order chi connectivity index (χ1) is 7.30. The lowest BCUT2D eigenvalue weighted by molar-refractivity contribution is 0.0737. The van der Waals surface area contributed by atoms with Gasteiger partial charge in [0.05, 0.1) is 13.2 Å². The summed E-state index contributed by atoms with van der Waals surface area (Å²) in [5, 5.41) is 4.28. The molecule has 1 saturated heterocycles. The number of hydrogen-bond acceptors (Lipinski definition) is 3. The van der Waals surface area contributed by atoms with Crippen LogP contribution in [0.4, 0.5) is 0 Å². The van der Waals surface area contributed by atoms with E-state index in [0.29, 0.717) is 5.25 Å². The minimum Gasteiger partial charge on any atom is -0.374 e. The van der Waals surface area contributed by atoms with Crippen molar-refractivity contribution in [2.45, 2.75) is 23.7 Å². The van der Waals surface area contributed by atoms with Crippen LogP contribution in [-0.2, 0) is 16.2 Å². The second-order valence-electron chi connectivity index (χ2n) is 4.29.